The van der Waals surface area contributed by atoms with Crippen molar-refractivity contribution in [2.45, 2.75) is 19.9 Å². The lowest BCUT2D eigenvalue weighted by atomic mass is 10.2. The molecular weight excluding hydrogens is 312 g/mol. The van der Waals surface area contributed by atoms with Crippen molar-refractivity contribution >= 4 is 11.3 Å². The van der Waals surface area contributed by atoms with Crippen LogP contribution < -0.4 is 4.74 Å². The van der Waals surface area contributed by atoms with Gasteiger partial charge in [-0.25, -0.2) is 9.67 Å². The predicted molar refractivity (Wildman–Crippen MR) is 89.4 cm³/mol. The lowest BCUT2D eigenvalue weighted by molar-refractivity contribution is 0.268. The van der Waals surface area contributed by atoms with E-state index >= 15 is 0 Å². The first-order valence-electron chi connectivity index (χ1n) is 7.50. The molecule has 0 unspecified atom stereocenters. The van der Waals surface area contributed by atoms with Crippen LogP contribution in [0.4, 0.5) is 0 Å². The van der Waals surface area contributed by atoms with Crippen molar-refractivity contribution in [2.75, 3.05) is 13.2 Å². The number of thiazole rings is 1. The maximum atomic E-state index is 8.92. The fourth-order valence-electron chi connectivity index (χ4n) is 2.07. The number of benzene rings is 1. The van der Waals surface area contributed by atoms with Crippen LogP contribution in [-0.4, -0.2) is 38.3 Å². The molecule has 1 N–H and O–H groups in total. The number of rotatable bonds is 7. The van der Waals surface area contributed by atoms with Crippen LogP contribution in [0.15, 0.2) is 35.8 Å². The third-order valence-electron chi connectivity index (χ3n) is 3.21. The van der Waals surface area contributed by atoms with Crippen molar-refractivity contribution in [3.8, 4) is 27.7 Å². The van der Waals surface area contributed by atoms with Gasteiger partial charge in [0.15, 0.2) is 0 Å². The lowest BCUT2D eigenvalue weighted by Crippen LogP contribution is -2.01. The van der Waals surface area contributed by atoms with Gasteiger partial charge >= 0.3 is 0 Å². The average Bonchev–Trinajstić information content (AvgIpc) is 3.23. The van der Waals surface area contributed by atoms with Crippen LogP contribution >= 0.6 is 11.3 Å². The fourth-order valence-corrected chi connectivity index (χ4v) is 2.89. The molecule has 0 saturated heterocycles. The Hall–Kier alpha value is -2.25. The molecule has 3 rings (SSSR count). The van der Waals surface area contributed by atoms with Gasteiger partial charge in [0.25, 0.3) is 0 Å². The van der Waals surface area contributed by atoms with Crippen LogP contribution in [0.1, 0.15) is 13.3 Å². The molecule has 0 amide bonds. The second kappa shape index (κ2) is 7.34. The molecule has 1 aromatic carbocycles. The smallest absolute Gasteiger partial charge is 0.132 e. The van der Waals surface area contributed by atoms with Crippen LogP contribution in [0, 0.1) is 0 Å². The molecule has 0 atom stereocenters. The monoisotopic (exact) mass is 330 g/mol. The second-order valence-corrected chi connectivity index (χ2v) is 5.86. The molecule has 0 radical (unpaired) electrons. The van der Waals surface area contributed by atoms with Gasteiger partial charge in [0.2, 0.25) is 0 Å². The summed E-state index contributed by atoms with van der Waals surface area (Å²) in [6.45, 7) is 3.28. The van der Waals surface area contributed by atoms with E-state index in [1.807, 2.05) is 29.6 Å². The van der Waals surface area contributed by atoms with Gasteiger partial charge in [0.1, 0.15) is 22.1 Å². The summed E-state index contributed by atoms with van der Waals surface area (Å²) in [5.74, 6) is 0.874. The van der Waals surface area contributed by atoms with E-state index in [-0.39, 0.29) is 6.61 Å². The van der Waals surface area contributed by atoms with Gasteiger partial charge in [-0.1, -0.05) is 12.1 Å². The summed E-state index contributed by atoms with van der Waals surface area (Å²) in [6, 6.07) is 7.94. The SMILES string of the molecule is CCCOc1ccc(-c2nc(-c3cn(CCO)nn3)cs2)cc1. The minimum Gasteiger partial charge on any atom is -0.494 e. The molecule has 0 aliphatic heterocycles. The van der Waals surface area contributed by atoms with E-state index in [2.05, 4.69) is 22.2 Å². The van der Waals surface area contributed by atoms with Crippen molar-refractivity contribution in [1.29, 1.82) is 0 Å². The quantitative estimate of drug-likeness (QED) is 0.721. The van der Waals surface area contributed by atoms with Crippen molar-refractivity contribution in [3.05, 3.63) is 35.8 Å². The molecule has 6 nitrogen and oxygen atoms in total. The molecule has 23 heavy (non-hydrogen) atoms. The zero-order valence-corrected chi connectivity index (χ0v) is 13.7. The first-order chi connectivity index (χ1) is 11.3. The molecule has 2 heterocycles. The fraction of sp³-hybridized carbons (Fsp3) is 0.312. The Morgan fingerprint density at radius 3 is 2.78 bits per heavy atom. The van der Waals surface area contributed by atoms with Crippen molar-refractivity contribution < 1.29 is 9.84 Å². The molecule has 7 heteroatoms. The van der Waals surface area contributed by atoms with Crippen molar-refractivity contribution in [2.24, 2.45) is 0 Å². The highest BCUT2D eigenvalue weighted by Crippen LogP contribution is 2.29. The summed E-state index contributed by atoms with van der Waals surface area (Å²) in [5.41, 5.74) is 2.55. The summed E-state index contributed by atoms with van der Waals surface area (Å²) in [4.78, 5) is 4.62. The van der Waals surface area contributed by atoms with E-state index in [9.17, 15) is 0 Å². The number of nitrogens with zero attached hydrogens (tertiary/aromatic N) is 4. The Bertz CT molecular complexity index is 752. The first-order valence-corrected chi connectivity index (χ1v) is 8.38. The second-order valence-electron chi connectivity index (χ2n) is 5.00. The number of hydrogen-bond donors (Lipinski definition) is 1. The normalized spacial score (nSPS) is 10.9. The zero-order valence-electron chi connectivity index (χ0n) is 12.8. The number of aromatic nitrogens is 4. The highest BCUT2D eigenvalue weighted by atomic mass is 32.1. The predicted octanol–water partition coefficient (Wildman–Crippen LogP) is 2.85. The molecule has 3 aromatic rings. The maximum absolute atomic E-state index is 8.92. The standard InChI is InChI=1S/C16H18N4O2S/c1-2-9-22-13-5-3-12(4-6-13)16-17-15(11-23-16)14-10-20(7-8-21)19-18-14/h3-6,10-11,21H,2,7-9H2,1H3. The van der Waals surface area contributed by atoms with E-state index in [1.54, 1.807) is 22.2 Å². The van der Waals surface area contributed by atoms with Gasteiger partial charge < -0.3 is 9.84 Å². The number of ether oxygens (including phenoxy) is 1. The molecule has 120 valence electrons. The van der Waals surface area contributed by atoms with Gasteiger partial charge in [-0.05, 0) is 30.7 Å². The number of aliphatic hydroxyl groups is 1. The molecule has 0 bridgehead atoms. The zero-order chi connectivity index (χ0) is 16.1. The average molecular weight is 330 g/mol. The number of aliphatic hydroxyl groups excluding tert-OH is 1. The van der Waals surface area contributed by atoms with Crippen LogP contribution in [0.3, 0.4) is 0 Å². The highest BCUT2D eigenvalue weighted by Gasteiger charge is 2.10. The summed E-state index contributed by atoms with van der Waals surface area (Å²) >= 11 is 1.57. The van der Waals surface area contributed by atoms with Crippen LogP contribution in [-0.2, 0) is 6.54 Å². The van der Waals surface area contributed by atoms with E-state index in [1.165, 1.54) is 0 Å². The number of hydrogen-bond acceptors (Lipinski definition) is 6. The van der Waals surface area contributed by atoms with E-state index < -0.39 is 0 Å². The molecule has 0 aliphatic rings. The maximum Gasteiger partial charge on any atom is 0.132 e. The van der Waals surface area contributed by atoms with Crippen LogP contribution in [0.2, 0.25) is 0 Å². The van der Waals surface area contributed by atoms with Gasteiger partial charge in [0.05, 0.1) is 26.0 Å². The Kier molecular flexibility index (Phi) is 4.99. The van der Waals surface area contributed by atoms with Gasteiger partial charge in [-0.15, -0.1) is 16.4 Å². The minimum absolute atomic E-state index is 0.0393. The topological polar surface area (TPSA) is 73.1 Å². The van der Waals surface area contributed by atoms with Crippen molar-refractivity contribution in [3.63, 3.8) is 0 Å². The Balaban J connectivity index is 1.75. The van der Waals surface area contributed by atoms with Gasteiger partial charge in [-0.2, -0.15) is 0 Å². The molecule has 0 fully saturated rings. The Morgan fingerprint density at radius 1 is 1.22 bits per heavy atom. The van der Waals surface area contributed by atoms with E-state index in [4.69, 9.17) is 9.84 Å². The third-order valence-corrected chi connectivity index (χ3v) is 4.10. The van der Waals surface area contributed by atoms with Crippen LogP contribution in [0.25, 0.3) is 22.0 Å². The summed E-state index contributed by atoms with van der Waals surface area (Å²) in [6.07, 6.45) is 2.78. The van der Waals surface area contributed by atoms with Crippen LogP contribution in [0.5, 0.6) is 5.75 Å². The Labute approximate surface area is 138 Å². The van der Waals surface area contributed by atoms with Gasteiger partial charge in [0, 0.05) is 10.9 Å². The first kappa shape index (κ1) is 15.6. The van der Waals surface area contributed by atoms with E-state index in [0.717, 1.165) is 35.0 Å². The van der Waals surface area contributed by atoms with E-state index in [0.29, 0.717) is 12.2 Å². The molecule has 0 saturated carbocycles. The van der Waals surface area contributed by atoms with Crippen molar-refractivity contribution in [1.82, 2.24) is 20.0 Å². The summed E-state index contributed by atoms with van der Waals surface area (Å²) < 4.78 is 7.19. The highest BCUT2D eigenvalue weighted by molar-refractivity contribution is 7.13. The molecule has 0 spiro atoms. The summed E-state index contributed by atoms with van der Waals surface area (Å²) in [5, 5.41) is 19.9. The largest absolute Gasteiger partial charge is 0.494 e. The summed E-state index contributed by atoms with van der Waals surface area (Å²) in [7, 11) is 0. The molecule has 0 aliphatic carbocycles. The minimum atomic E-state index is 0.0393. The van der Waals surface area contributed by atoms with Gasteiger partial charge in [-0.3, -0.25) is 0 Å². The molecule has 2 aromatic heterocycles. The lowest BCUT2D eigenvalue weighted by Gasteiger charge is -2.04. The molecular formula is C16H18N4O2S. The Morgan fingerprint density at radius 2 is 2.04 bits per heavy atom. The third kappa shape index (κ3) is 3.75.